The number of benzene rings is 1. The van der Waals surface area contributed by atoms with Crippen molar-refractivity contribution in [2.45, 2.75) is 31.8 Å². The van der Waals surface area contributed by atoms with Crippen LogP contribution < -0.4 is 4.72 Å². The van der Waals surface area contributed by atoms with Gasteiger partial charge in [0.2, 0.25) is 10.0 Å². The third kappa shape index (κ3) is 5.44. The Labute approximate surface area is 147 Å². The first-order valence-corrected chi connectivity index (χ1v) is 10.3. The summed E-state index contributed by atoms with van der Waals surface area (Å²) in [5.41, 5.74) is 0.721. The van der Waals surface area contributed by atoms with Gasteiger partial charge >= 0.3 is 0 Å². The Balaban J connectivity index is 1.45. The van der Waals surface area contributed by atoms with Gasteiger partial charge in [-0.15, -0.1) is 0 Å². The van der Waals surface area contributed by atoms with Crippen LogP contribution in [0.1, 0.15) is 24.8 Å². The fraction of sp³-hybridized carbons (Fsp3) is 0.647. The fourth-order valence-electron chi connectivity index (χ4n) is 3.43. The minimum absolute atomic E-state index is 0.0616. The van der Waals surface area contributed by atoms with Gasteiger partial charge in [0.25, 0.3) is 0 Å². The van der Waals surface area contributed by atoms with Crippen LogP contribution in [-0.2, 0) is 21.3 Å². The number of rotatable bonds is 6. The van der Waals surface area contributed by atoms with Gasteiger partial charge in [0, 0.05) is 32.3 Å². The molecule has 0 radical (unpaired) electrons. The van der Waals surface area contributed by atoms with Crippen molar-refractivity contribution < 1.29 is 21.9 Å². The van der Waals surface area contributed by atoms with E-state index in [0.29, 0.717) is 32.6 Å². The molecule has 5 nitrogen and oxygen atoms in total. The van der Waals surface area contributed by atoms with Gasteiger partial charge < -0.3 is 4.74 Å². The van der Waals surface area contributed by atoms with E-state index in [2.05, 4.69) is 9.62 Å². The minimum atomic E-state index is -3.29. The maximum absolute atomic E-state index is 13.3. The normalized spacial score (nSPS) is 23.2. The number of piperidine rings is 1. The predicted molar refractivity (Wildman–Crippen MR) is 90.5 cm³/mol. The molecule has 0 aliphatic carbocycles. The lowest BCUT2D eigenvalue weighted by Gasteiger charge is -2.32. The molecule has 0 amide bonds. The zero-order valence-corrected chi connectivity index (χ0v) is 14.9. The number of ether oxygens (including phenoxy) is 1. The second kappa shape index (κ2) is 8.07. The molecule has 3 rings (SSSR count). The van der Waals surface area contributed by atoms with E-state index < -0.39 is 21.7 Å². The molecular formula is C17H24F2N2O3S. The first-order valence-electron chi connectivity index (χ1n) is 8.65. The largest absolute Gasteiger partial charge is 0.381 e. The number of hydrogen-bond donors (Lipinski definition) is 1. The van der Waals surface area contributed by atoms with Crippen molar-refractivity contribution in [2.24, 2.45) is 5.92 Å². The number of hydrogen-bond acceptors (Lipinski definition) is 4. The van der Waals surface area contributed by atoms with Gasteiger partial charge in [-0.3, -0.25) is 4.90 Å². The Bertz CT molecular complexity index is 685. The van der Waals surface area contributed by atoms with Crippen LogP contribution in [0.3, 0.4) is 0 Å². The van der Waals surface area contributed by atoms with Crippen LogP contribution >= 0.6 is 0 Å². The zero-order valence-electron chi connectivity index (χ0n) is 14.1. The highest BCUT2D eigenvalue weighted by Crippen LogP contribution is 2.18. The molecule has 0 spiro atoms. The molecule has 2 saturated heterocycles. The van der Waals surface area contributed by atoms with Gasteiger partial charge in [-0.25, -0.2) is 21.9 Å². The number of nitrogens with zero attached hydrogens (tertiary/aromatic N) is 1. The number of likely N-dealkylation sites (tertiary alicyclic amines) is 1. The Morgan fingerprint density at radius 3 is 2.56 bits per heavy atom. The standard InChI is InChI=1S/C17H24F2N2O3S/c18-16-2-1-13(9-17(16)19)10-21-6-3-15(4-7-21)20-25(22,23)12-14-5-8-24-11-14/h1-2,9,14-15,20H,3-8,10-12H2. The molecule has 2 aliphatic heterocycles. The summed E-state index contributed by atoms with van der Waals surface area (Å²) < 4.78 is 58.8. The van der Waals surface area contributed by atoms with Gasteiger partial charge in [0.05, 0.1) is 12.4 Å². The van der Waals surface area contributed by atoms with E-state index in [1.807, 2.05) is 0 Å². The molecule has 1 atom stereocenters. The van der Waals surface area contributed by atoms with Crippen LogP contribution in [0, 0.1) is 17.6 Å². The summed E-state index contributed by atoms with van der Waals surface area (Å²) in [6.07, 6.45) is 2.22. The van der Waals surface area contributed by atoms with Gasteiger partial charge in [-0.1, -0.05) is 6.07 Å². The van der Waals surface area contributed by atoms with Gasteiger partial charge in [-0.2, -0.15) is 0 Å². The van der Waals surface area contributed by atoms with E-state index in [1.165, 1.54) is 6.07 Å². The van der Waals surface area contributed by atoms with E-state index >= 15 is 0 Å². The predicted octanol–water partition coefficient (Wildman–Crippen LogP) is 1.89. The van der Waals surface area contributed by atoms with Crippen LogP contribution in [0.5, 0.6) is 0 Å². The molecule has 0 bridgehead atoms. The molecule has 140 valence electrons. The van der Waals surface area contributed by atoms with Crippen molar-refractivity contribution in [1.82, 2.24) is 9.62 Å². The third-order valence-corrected chi connectivity index (χ3v) is 6.41. The van der Waals surface area contributed by atoms with Crippen molar-refractivity contribution in [3.05, 3.63) is 35.4 Å². The molecule has 25 heavy (non-hydrogen) atoms. The van der Waals surface area contributed by atoms with Crippen LogP contribution in [0.2, 0.25) is 0 Å². The molecular weight excluding hydrogens is 350 g/mol. The molecule has 1 aromatic rings. The maximum Gasteiger partial charge on any atom is 0.212 e. The Morgan fingerprint density at radius 1 is 1.16 bits per heavy atom. The van der Waals surface area contributed by atoms with E-state index in [9.17, 15) is 17.2 Å². The quantitative estimate of drug-likeness (QED) is 0.826. The number of halogens is 2. The highest BCUT2D eigenvalue weighted by atomic mass is 32.2. The molecule has 2 aliphatic rings. The maximum atomic E-state index is 13.3. The average Bonchev–Trinajstić information content (AvgIpc) is 3.05. The molecule has 1 unspecified atom stereocenters. The lowest BCUT2D eigenvalue weighted by molar-refractivity contribution is 0.188. The Hall–Kier alpha value is -1.09. The van der Waals surface area contributed by atoms with E-state index in [0.717, 1.165) is 31.1 Å². The van der Waals surface area contributed by atoms with Crippen molar-refractivity contribution in [2.75, 3.05) is 32.1 Å². The monoisotopic (exact) mass is 374 g/mol. The lowest BCUT2D eigenvalue weighted by Crippen LogP contribution is -2.45. The number of nitrogens with one attached hydrogen (secondary N) is 1. The highest BCUT2D eigenvalue weighted by molar-refractivity contribution is 7.89. The molecule has 0 saturated carbocycles. The van der Waals surface area contributed by atoms with E-state index in [-0.39, 0.29) is 17.7 Å². The summed E-state index contributed by atoms with van der Waals surface area (Å²) in [6.45, 7) is 3.14. The molecule has 2 fully saturated rings. The summed E-state index contributed by atoms with van der Waals surface area (Å²) in [5.74, 6) is -1.46. The molecule has 2 heterocycles. The Kier molecular flexibility index (Phi) is 6.04. The smallest absolute Gasteiger partial charge is 0.212 e. The van der Waals surface area contributed by atoms with Crippen LogP contribution in [0.4, 0.5) is 8.78 Å². The van der Waals surface area contributed by atoms with Crippen molar-refractivity contribution in [1.29, 1.82) is 0 Å². The first kappa shape index (κ1) is 18.7. The van der Waals surface area contributed by atoms with Gasteiger partial charge in [0.15, 0.2) is 11.6 Å². The van der Waals surface area contributed by atoms with Crippen LogP contribution in [-0.4, -0.2) is 51.4 Å². The second-order valence-corrected chi connectivity index (χ2v) is 8.73. The summed E-state index contributed by atoms with van der Waals surface area (Å²) >= 11 is 0. The number of sulfonamides is 1. The van der Waals surface area contributed by atoms with Crippen LogP contribution in [0.15, 0.2) is 18.2 Å². The third-order valence-electron chi connectivity index (χ3n) is 4.80. The summed E-state index contributed by atoms with van der Waals surface area (Å²) in [5, 5.41) is 0. The van der Waals surface area contributed by atoms with Crippen molar-refractivity contribution in [3.63, 3.8) is 0 Å². The zero-order chi connectivity index (χ0) is 17.9. The summed E-state index contributed by atoms with van der Waals surface area (Å²) in [7, 11) is -3.29. The topological polar surface area (TPSA) is 58.6 Å². The molecule has 8 heteroatoms. The Morgan fingerprint density at radius 2 is 1.92 bits per heavy atom. The second-order valence-electron chi connectivity index (χ2n) is 6.93. The van der Waals surface area contributed by atoms with Crippen LogP contribution in [0.25, 0.3) is 0 Å². The molecule has 1 N–H and O–H groups in total. The first-order chi connectivity index (χ1) is 11.9. The molecule has 1 aromatic carbocycles. The average molecular weight is 374 g/mol. The highest BCUT2D eigenvalue weighted by Gasteiger charge is 2.27. The SMILES string of the molecule is O=S(=O)(CC1CCOC1)NC1CCN(Cc2ccc(F)c(F)c2)CC1. The van der Waals surface area contributed by atoms with E-state index in [1.54, 1.807) is 6.07 Å². The fourth-order valence-corrected chi connectivity index (χ4v) is 5.16. The van der Waals surface area contributed by atoms with Crippen molar-refractivity contribution in [3.8, 4) is 0 Å². The minimum Gasteiger partial charge on any atom is -0.381 e. The van der Waals surface area contributed by atoms with E-state index in [4.69, 9.17) is 4.74 Å². The lowest BCUT2D eigenvalue weighted by atomic mass is 10.1. The summed E-state index contributed by atoms with van der Waals surface area (Å²) in [6, 6.07) is 3.87. The summed E-state index contributed by atoms with van der Waals surface area (Å²) in [4.78, 5) is 2.13. The molecule has 0 aromatic heterocycles. The van der Waals surface area contributed by atoms with Gasteiger partial charge in [-0.05, 0) is 42.9 Å². The van der Waals surface area contributed by atoms with Crippen molar-refractivity contribution >= 4 is 10.0 Å². The van der Waals surface area contributed by atoms with Gasteiger partial charge in [0.1, 0.15) is 0 Å².